The third kappa shape index (κ3) is 5.92. The first kappa shape index (κ1) is 19.0. The highest BCUT2D eigenvalue weighted by molar-refractivity contribution is 9.10. The molecule has 1 rings (SSSR count). The van der Waals surface area contributed by atoms with Crippen molar-refractivity contribution in [3.63, 3.8) is 0 Å². The first-order valence-corrected chi connectivity index (χ1v) is 9.36. The molecule has 0 atom stereocenters. The standard InChI is InChI=1S/C12H18BrCl2N3O2S/c1-3-16-5-4-6-18(2)21(19,20)17-12-10(14)7-9(13)8-11(12)15/h7-8,16-17H,3-6H2,1-2H3. The Morgan fingerprint density at radius 2 is 1.86 bits per heavy atom. The van der Waals surface area contributed by atoms with Gasteiger partial charge in [-0.15, -0.1) is 0 Å². The van der Waals surface area contributed by atoms with E-state index in [1.54, 1.807) is 12.1 Å². The van der Waals surface area contributed by atoms with Crippen LogP contribution in [0.15, 0.2) is 16.6 Å². The maximum Gasteiger partial charge on any atom is 0.301 e. The predicted octanol–water partition coefficient (Wildman–Crippen LogP) is 3.34. The molecule has 0 aliphatic carbocycles. The van der Waals surface area contributed by atoms with Crippen molar-refractivity contribution in [1.29, 1.82) is 0 Å². The average molecular weight is 419 g/mol. The molecule has 0 aromatic heterocycles. The lowest BCUT2D eigenvalue weighted by molar-refractivity contribution is 0.459. The third-order valence-corrected chi connectivity index (χ3v) is 5.24. The molecule has 0 amide bonds. The summed E-state index contributed by atoms with van der Waals surface area (Å²) >= 11 is 15.3. The maximum absolute atomic E-state index is 12.2. The van der Waals surface area contributed by atoms with E-state index in [4.69, 9.17) is 23.2 Å². The molecule has 0 unspecified atom stereocenters. The van der Waals surface area contributed by atoms with Crippen molar-refractivity contribution in [2.75, 3.05) is 31.4 Å². The molecule has 5 nitrogen and oxygen atoms in total. The third-order valence-electron chi connectivity index (χ3n) is 2.72. The lowest BCUT2D eigenvalue weighted by atomic mass is 10.3. The van der Waals surface area contributed by atoms with Crippen molar-refractivity contribution >= 4 is 55.0 Å². The summed E-state index contributed by atoms with van der Waals surface area (Å²) in [4.78, 5) is 0. The Labute approximate surface area is 144 Å². The fraction of sp³-hybridized carbons (Fsp3) is 0.500. The summed E-state index contributed by atoms with van der Waals surface area (Å²) < 4.78 is 28.8. The van der Waals surface area contributed by atoms with Crippen LogP contribution in [0.25, 0.3) is 0 Å². The Morgan fingerprint density at radius 3 is 2.38 bits per heavy atom. The molecule has 120 valence electrons. The summed E-state index contributed by atoms with van der Waals surface area (Å²) in [6.07, 6.45) is 0.715. The summed E-state index contributed by atoms with van der Waals surface area (Å²) in [5.41, 5.74) is 0.181. The number of anilines is 1. The first-order chi connectivity index (χ1) is 9.77. The second kappa shape index (κ2) is 8.55. The van der Waals surface area contributed by atoms with Crippen LogP contribution in [0.3, 0.4) is 0 Å². The molecule has 0 spiro atoms. The van der Waals surface area contributed by atoms with Crippen LogP contribution in [0.4, 0.5) is 5.69 Å². The minimum absolute atomic E-state index is 0.181. The SMILES string of the molecule is CCNCCCN(C)S(=O)(=O)Nc1c(Cl)cc(Br)cc1Cl. The van der Waals surface area contributed by atoms with Crippen LogP contribution < -0.4 is 10.0 Å². The topological polar surface area (TPSA) is 61.4 Å². The lowest BCUT2D eigenvalue weighted by Crippen LogP contribution is -2.34. The molecule has 9 heteroatoms. The quantitative estimate of drug-likeness (QED) is 0.636. The number of halogens is 3. The molecule has 0 bridgehead atoms. The molecule has 0 heterocycles. The van der Waals surface area contributed by atoms with Crippen LogP contribution in [0.2, 0.25) is 10.0 Å². The number of hydrogen-bond acceptors (Lipinski definition) is 3. The molecule has 0 fully saturated rings. The van der Waals surface area contributed by atoms with Crippen LogP contribution in [0.1, 0.15) is 13.3 Å². The number of hydrogen-bond donors (Lipinski definition) is 2. The van der Waals surface area contributed by atoms with Crippen molar-refractivity contribution in [2.24, 2.45) is 0 Å². The summed E-state index contributed by atoms with van der Waals surface area (Å²) in [5, 5.41) is 3.61. The van der Waals surface area contributed by atoms with Crippen molar-refractivity contribution in [2.45, 2.75) is 13.3 Å². The van der Waals surface area contributed by atoms with E-state index in [2.05, 4.69) is 26.0 Å². The zero-order valence-electron chi connectivity index (χ0n) is 11.8. The molecule has 0 aliphatic rings. The molecule has 2 N–H and O–H groups in total. The van der Waals surface area contributed by atoms with Gasteiger partial charge in [-0.3, -0.25) is 4.72 Å². The molecule has 1 aromatic rings. The highest BCUT2D eigenvalue weighted by atomic mass is 79.9. The predicted molar refractivity (Wildman–Crippen MR) is 92.5 cm³/mol. The molecule has 0 saturated carbocycles. The van der Waals surface area contributed by atoms with Gasteiger partial charge in [-0.25, -0.2) is 0 Å². The van der Waals surface area contributed by atoms with Crippen LogP contribution in [-0.2, 0) is 10.2 Å². The summed E-state index contributed by atoms with van der Waals surface area (Å²) in [7, 11) is -2.18. The van der Waals surface area contributed by atoms with E-state index >= 15 is 0 Å². The van der Waals surface area contributed by atoms with E-state index in [1.165, 1.54) is 11.4 Å². The molecular weight excluding hydrogens is 401 g/mol. The van der Waals surface area contributed by atoms with Gasteiger partial charge in [0.1, 0.15) is 0 Å². The van der Waals surface area contributed by atoms with E-state index in [9.17, 15) is 8.42 Å². The summed E-state index contributed by atoms with van der Waals surface area (Å²) in [6.45, 7) is 4.02. The zero-order valence-corrected chi connectivity index (χ0v) is 15.7. The zero-order chi connectivity index (χ0) is 16.0. The number of nitrogens with one attached hydrogen (secondary N) is 2. The first-order valence-electron chi connectivity index (χ1n) is 6.37. The van der Waals surface area contributed by atoms with Crippen LogP contribution in [0, 0.1) is 0 Å². The molecule has 21 heavy (non-hydrogen) atoms. The Hall–Kier alpha value is -0.0500. The van der Waals surface area contributed by atoms with Gasteiger partial charge >= 0.3 is 10.2 Å². The Kier molecular flexibility index (Phi) is 7.73. The van der Waals surface area contributed by atoms with Crippen molar-refractivity contribution < 1.29 is 8.42 Å². The van der Waals surface area contributed by atoms with Gasteiger partial charge < -0.3 is 5.32 Å². The fourth-order valence-electron chi connectivity index (χ4n) is 1.57. The van der Waals surface area contributed by atoms with Crippen molar-refractivity contribution in [3.05, 3.63) is 26.7 Å². The fourth-order valence-corrected chi connectivity index (χ4v) is 3.99. The van der Waals surface area contributed by atoms with E-state index in [0.717, 1.165) is 13.1 Å². The second-order valence-electron chi connectivity index (χ2n) is 4.38. The van der Waals surface area contributed by atoms with E-state index < -0.39 is 10.2 Å². The van der Waals surface area contributed by atoms with Crippen LogP contribution >= 0.6 is 39.1 Å². The lowest BCUT2D eigenvalue weighted by Gasteiger charge is -2.19. The normalized spacial score (nSPS) is 11.9. The van der Waals surface area contributed by atoms with Gasteiger partial charge in [-0.1, -0.05) is 46.1 Å². The Morgan fingerprint density at radius 1 is 1.29 bits per heavy atom. The highest BCUT2D eigenvalue weighted by Gasteiger charge is 2.20. The van der Waals surface area contributed by atoms with Crippen LogP contribution in [-0.4, -0.2) is 39.4 Å². The smallest absolute Gasteiger partial charge is 0.301 e. The largest absolute Gasteiger partial charge is 0.317 e. The van der Waals surface area contributed by atoms with E-state index in [1.807, 2.05) is 6.92 Å². The highest BCUT2D eigenvalue weighted by Crippen LogP contribution is 2.34. The van der Waals surface area contributed by atoms with Gasteiger partial charge in [-0.05, 0) is 31.6 Å². The monoisotopic (exact) mass is 417 g/mol. The van der Waals surface area contributed by atoms with Gasteiger partial charge in [0.15, 0.2) is 0 Å². The van der Waals surface area contributed by atoms with Crippen LogP contribution in [0.5, 0.6) is 0 Å². The number of rotatable bonds is 8. The van der Waals surface area contributed by atoms with Gasteiger partial charge in [0.2, 0.25) is 0 Å². The maximum atomic E-state index is 12.2. The second-order valence-corrected chi connectivity index (χ2v) is 7.89. The number of benzene rings is 1. The Bertz CT molecular complexity index is 561. The average Bonchev–Trinajstić information content (AvgIpc) is 2.38. The minimum Gasteiger partial charge on any atom is -0.317 e. The molecule has 0 saturated heterocycles. The van der Waals surface area contributed by atoms with Gasteiger partial charge in [0.05, 0.1) is 15.7 Å². The molecule has 0 radical (unpaired) electrons. The minimum atomic E-state index is -3.69. The van der Waals surface area contributed by atoms with Gasteiger partial charge in [0.25, 0.3) is 0 Å². The summed E-state index contributed by atoms with van der Waals surface area (Å²) in [6, 6.07) is 3.16. The van der Waals surface area contributed by atoms with E-state index in [0.29, 0.717) is 17.4 Å². The van der Waals surface area contributed by atoms with E-state index in [-0.39, 0.29) is 15.7 Å². The Balaban J connectivity index is 2.76. The van der Waals surface area contributed by atoms with Crippen molar-refractivity contribution in [1.82, 2.24) is 9.62 Å². The molecular formula is C12H18BrCl2N3O2S. The molecule has 1 aromatic carbocycles. The van der Waals surface area contributed by atoms with Gasteiger partial charge in [-0.2, -0.15) is 12.7 Å². The number of nitrogens with zero attached hydrogens (tertiary/aromatic N) is 1. The molecule has 0 aliphatic heterocycles. The summed E-state index contributed by atoms with van der Waals surface area (Å²) in [5.74, 6) is 0. The van der Waals surface area contributed by atoms with Gasteiger partial charge in [0, 0.05) is 18.1 Å². The van der Waals surface area contributed by atoms with Crippen molar-refractivity contribution in [3.8, 4) is 0 Å².